The van der Waals surface area contributed by atoms with Crippen LogP contribution in [0.4, 0.5) is 0 Å². The largest absolute Gasteiger partial charge is 0.347 e. The molecule has 0 saturated heterocycles. The number of hydrogen-bond donors (Lipinski definition) is 2. The smallest absolute Gasteiger partial charge is 0.269 e. The Morgan fingerprint density at radius 2 is 1.96 bits per heavy atom. The highest BCUT2D eigenvalue weighted by Crippen LogP contribution is 2.25. The molecule has 5 nitrogen and oxygen atoms in total. The number of rotatable bonds is 5. The molecule has 0 radical (unpaired) electrons. The molecule has 128 valence electrons. The number of amides is 1. The molecule has 1 aromatic carbocycles. The van der Waals surface area contributed by atoms with Crippen molar-refractivity contribution in [3.63, 3.8) is 0 Å². The number of pyridine rings is 1. The van der Waals surface area contributed by atoms with Gasteiger partial charge in [-0.15, -0.1) is 11.3 Å². The Hall–Kier alpha value is -3.25. The van der Waals surface area contributed by atoms with E-state index in [1.807, 2.05) is 60.0 Å². The quantitative estimate of drug-likeness (QED) is 0.562. The Bertz CT molecular complexity index is 1010. The first kappa shape index (κ1) is 16.2. The molecule has 0 spiro atoms. The molecule has 0 aliphatic carbocycles. The highest BCUT2D eigenvalue weighted by molar-refractivity contribution is 7.13. The summed E-state index contributed by atoms with van der Waals surface area (Å²) in [5.41, 5.74) is 4.03. The van der Waals surface area contributed by atoms with E-state index in [1.54, 1.807) is 23.6 Å². The van der Waals surface area contributed by atoms with E-state index in [0.29, 0.717) is 12.2 Å². The van der Waals surface area contributed by atoms with E-state index in [0.717, 1.165) is 27.4 Å². The molecule has 1 amide bonds. The van der Waals surface area contributed by atoms with Gasteiger partial charge in [-0.05, 0) is 29.1 Å². The van der Waals surface area contributed by atoms with Crippen molar-refractivity contribution < 1.29 is 4.79 Å². The fourth-order valence-corrected chi connectivity index (χ4v) is 3.44. The minimum Gasteiger partial charge on any atom is -0.347 e. The molecule has 0 bridgehead atoms. The lowest BCUT2D eigenvalue weighted by Gasteiger charge is -2.08. The van der Waals surface area contributed by atoms with Crippen molar-refractivity contribution in [1.82, 2.24) is 20.5 Å². The fraction of sp³-hybridized carbons (Fsp3) is 0.0500. The van der Waals surface area contributed by atoms with E-state index >= 15 is 0 Å². The molecule has 6 heteroatoms. The van der Waals surface area contributed by atoms with Gasteiger partial charge in [0.1, 0.15) is 5.69 Å². The molecule has 2 N–H and O–H groups in total. The van der Waals surface area contributed by atoms with Crippen LogP contribution in [0.2, 0.25) is 0 Å². The van der Waals surface area contributed by atoms with Crippen molar-refractivity contribution >= 4 is 17.2 Å². The van der Waals surface area contributed by atoms with Gasteiger partial charge in [0.05, 0.1) is 16.3 Å². The van der Waals surface area contributed by atoms with Gasteiger partial charge in [-0.2, -0.15) is 5.10 Å². The molecule has 0 unspecified atom stereocenters. The average molecular weight is 360 g/mol. The normalized spacial score (nSPS) is 10.6. The van der Waals surface area contributed by atoms with Crippen LogP contribution in [0.1, 0.15) is 16.1 Å². The summed E-state index contributed by atoms with van der Waals surface area (Å²) in [6.45, 7) is 0.402. The number of nitrogens with zero attached hydrogens (tertiary/aromatic N) is 2. The van der Waals surface area contributed by atoms with Crippen molar-refractivity contribution in [3.8, 4) is 21.8 Å². The number of aromatic nitrogens is 3. The molecule has 4 rings (SSSR count). The van der Waals surface area contributed by atoms with Crippen molar-refractivity contribution in [1.29, 1.82) is 0 Å². The lowest BCUT2D eigenvalue weighted by Crippen LogP contribution is -2.23. The minimum absolute atomic E-state index is 0.194. The summed E-state index contributed by atoms with van der Waals surface area (Å²) in [6, 6.07) is 19.4. The predicted octanol–water partition coefficient (Wildman–Crippen LogP) is 4.13. The lowest BCUT2D eigenvalue weighted by molar-refractivity contribution is 0.0946. The second-order valence-electron chi connectivity index (χ2n) is 5.70. The van der Waals surface area contributed by atoms with Crippen molar-refractivity contribution in [2.24, 2.45) is 0 Å². The summed E-state index contributed by atoms with van der Waals surface area (Å²) >= 11 is 1.63. The van der Waals surface area contributed by atoms with Crippen LogP contribution < -0.4 is 5.32 Å². The number of nitrogens with one attached hydrogen (secondary N) is 2. The number of thiophene rings is 1. The molecule has 3 aromatic heterocycles. The number of carbonyl (C=O) groups excluding carboxylic acids is 1. The van der Waals surface area contributed by atoms with Gasteiger partial charge in [0.15, 0.2) is 0 Å². The SMILES string of the molecule is O=C(NCc1cccnc1-c1cccs1)c1cc(-c2ccccc2)n[nH]1. The Balaban J connectivity index is 1.48. The molecule has 26 heavy (non-hydrogen) atoms. The van der Waals surface area contributed by atoms with Crippen molar-refractivity contribution in [3.05, 3.63) is 83.5 Å². The van der Waals surface area contributed by atoms with Crippen LogP contribution in [0.3, 0.4) is 0 Å². The summed E-state index contributed by atoms with van der Waals surface area (Å²) < 4.78 is 0. The van der Waals surface area contributed by atoms with Crippen molar-refractivity contribution in [2.75, 3.05) is 0 Å². The number of aromatic amines is 1. The second kappa shape index (κ2) is 7.33. The number of carbonyl (C=O) groups is 1. The molecule has 0 saturated carbocycles. The average Bonchev–Trinajstić information content (AvgIpc) is 3.39. The van der Waals surface area contributed by atoms with Gasteiger partial charge in [-0.3, -0.25) is 14.9 Å². The monoisotopic (exact) mass is 360 g/mol. The summed E-state index contributed by atoms with van der Waals surface area (Å²) in [5, 5.41) is 12.0. The van der Waals surface area contributed by atoms with Gasteiger partial charge in [0, 0.05) is 18.3 Å². The third-order valence-corrected chi connectivity index (χ3v) is 4.85. The van der Waals surface area contributed by atoms with Crippen LogP contribution in [0.15, 0.2) is 72.2 Å². The Labute approximate surface area is 154 Å². The predicted molar refractivity (Wildman–Crippen MR) is 103 cm³/mol. The highest BCUT2D eigenvalue weighted by atomic mass is 32.1. The number of H-pyrrole nitrogens is 1. The maximum absolute atomic E-state index is 12.5. The van der Waals surface area contributed by atoms with Gasteiger partial charge in [0.2, 0.25) is 0 Å². The maximum atomic E-state index is 12.5. The Morgan fingerprint density at radius 3 is 2.77 bits per heavy atom. The van der Waals surface area contributed by atoms with Crippen LogP contribution in [0, 0.1) is 0 Å². The van der Waals surface area contributed by atoms with Crippen LogP contribution in [-0.4, -0.2) is 21.1 Å². The minimum atomic E-state index is -0.194. The Kier molecular flexibility index (Phi) is 4.57. The third kappa shape index (κ3) is 3.41. The van der Waals surface area contributed by atoms with E-state index < -0.39 is 0 Å². The third-order valence-electron chi connectivity index (χ3n) is 3.98. The lowest BCUT2D eigenvalue weighted by atomic mass is 10.1. The maximum Gasteiger partial charge on any atom is 0.269 e. The van der Waals surface area contributed by atoms with Crippen LogP contribution in [-0.2, 0) is 6.54 Å². The van der Waals surface area contributed by atoms with Gasteiger partial charge in [0.25, 0.3) is 5.91 Å². The zero-order chi connectivity index (χ0) is 17.8. The summed E-state index contributed by atoms with van der Waals surface area (Å²) in [4.78, 5) is 18.0. The van der Waals surface area contributed by atoms with E-state index in [-0.39, 0.29) is 5.91 Å². The van der Waals surface area contributed by atoms with E-state index in [9.17, 15) is 4.79 Å². The second-order valence-corrected chi connectivity index (χ2v) is 6.65. The summed E-state index contributed by atoms with van der Waals surface area (Å²) in [7, 11) is 0. The number of benzene rings is 1. The molecular formula is C20H16N4OS. The zero-order valence-electron chi connectivity index (χ0n) is 13.8. The van der Waals surface area contributed by atoms with Crippen molar-refractivity contribution in [2.45, 2.75) is 6.54 Å². The van der Waals surface area contributed by atoms with E-state index in [2.05, 4.69) is 20.5 Å². The molecule has 0 aliphatic rings. The van der Waals surface area contributed by atoms with Crippen LogP contribution in [0.25, 0.3) is 21.8 Å². The zero-order valence-corrected chi connectivity index (χ0v) is 14.7. The first-order valence-corrected chi connectivity index (χ1v) is 9.06. The van der Waals surface area contributed by atoms with Gasteiger partial charge in [-0.1, -0.05) is 42.5 Å². The summed E-state index contributed by atoms with van der Waals surface area (Å²) in [5.74, 6) is -0.194. The summed E-state index contributed by atoms with van der Waals surface area (Å²) in [6.07, 6.45) is 1.77. The van der Waals surface area contributed by atoms with E-state index in [4.69, 9.17) is 0 Å². The topological polar surface area (TPSA) is 70.7 Å². The fourth-order valence-electron chi connectivity index (χ4n) is 2.68. The number of hydrogen-bond acceptors (Lipinski definition) is 4. The van der Waals surface area contributed by atoms with Gasteiger partial charge in [-0.25, -0.2) is 0 Å². The highest BCUT2D eigenvalue weighted by Gasteiger charge is 2.13. The molecular weight excluding hydrogens is 344 g/mol. The molecule has 3 heterocycles. The first-order valence-electron chi connectivity index (χ1n) is 8.18. The van der Waals surface area contributed by atoms with Gasteiger partial charge >= 0.3 is 0 Å². The van der Waals surface area contributed by atoms with Crippen LogP contribution >= 0.6 is 11.3 Å². The Morgan fingerprint density at radius 1 is 1.08 bits per heavy atom. The molecule has 0 fully saturated rings. The standard InChI is InChI=1S/C20H16N4OS/c25-20(17-12-16(23-24-17)14-6-2-1-3-7-14)22-13-15-8-4-10-21-19(15)18-9-5-11-26-18/h1-12H,13H2,(H,22,25)(H,23,24). The molecule has 4 aromatic rings. The van der Waals surface area contributed by atoms with Crippen LogP contribution in [0.5, 0.6) is 0 Å². The van der Waals surface area contributed by atoms with Gasteiger partial charge < -0.3 is 5.32 Å². The first-order chi connectivity index (χ1) is 12.8. The molecule has 0 atom stereocenters. The van der Waals surface area contributed by atoms with E-state index in [1.165, 1.54) is 0 Å². The molecule has 0 aliphatic heterocycles.